The van der Waals surface area contributed by atoms with Crippen LogP contribution in [0.2, 0.25) is 0 Å². The van der Waals surface area contributed by atoms with Gasteiger partial charge in [-0.2, -0.15) is 4.98 Å². The van der Waals surface area contributed by atoms with E-state index in [-0.39, 0.29) is 5.41 Å². The molecule has 0 spiro atoms. The van der Waals surface area contributed by atoms with Crippen molar-refractivity contribution in [3.63, 3.8) is 0 Å². The van der Waals surface area contributed by atoms with Crippen molar-refractivity contribution >= 4 is 0 Å². The topological polar surface area (TPSA) is 51.0 Å². The van der Waals surface area contributed by atoms with Crippen molar-refractivity contribution in [2.75, 3.05) is 6.54 Å². The fourth-order valence-electron chi connectivity index (χ4n) is 3.40. The Kier molecular flexibility index (Phi) is 2.93. The van der Waals surface area contributed by atoms with E-state index in [2.05, 4.69) is 36.2 Å². The number of nitrogens with one attached hydrogen (secondary N) is 1. The number of rotatable bonds is 2. The molecule has 2 fully saturated rings. The molecule has 18 heavy (non-hydrogen) atoms. The predicted octanol–water partition coefficient (Wildman–Crippen LogP) is 2.72. The van der Waals surface area contributed by atoms with Gasteiger partial charge in [-0.15, -0.1) is 0 Å². The highest BCUT2D eigenvalue weighted by atomic mass is 16.5. The average molecular weight is 249 g/mol. The summed E-state index contributed by atoms with van der Waals surface area (Å²) in [5, 5.41) is 7.69. The Balaban J connectivity index is 1.73. The summed E-state index contributed by atoms with van der Waals surface area (Å²) < 4.78 is 5.48. The molecule has 2 aliphatic rings. The number of hydrogen-bond donors (Lipinski definition) is 1. The Bertz CT molecular complexity index is 421. The first kappa shape index (κ1) is 12.2. The van der Waals surface area contributed by atoms with E-state index in [9.17, 15) is 0 Å². The summed E-state index contributed by atoms with van der Waals surface area (Å²) in [6, 6.07) is 0.304. The fraction of sp³-hybridized carbons (Fsp3) is 0.857. The van der Waals surface area contributed by atoms with Gasteiger partial charge in [-0.3, -0.25) is 0 Å². The summed E-state index contributed by atoms with van der Waals surface area (Å²) in [6.07, 6.45) is 4.89. The monoisotopic (exact) mass is 249 g/mol. The lowest BCUT2D eigenvalue weighted by Crippen LogP contribution is -2.18. The lowest BCUT2D eigenvalue weighted by molar-refractivity contribution is 0.298. The molecule has 1 N–H and O–H groups in total. The van der Waals surface area contributed by atoms with E-state index < -0.39 is 0 Å². The summed E-state index contributed by atoms with van der Waals surface area (Å²) in [5.74, 6) is 3.20. The van der Waals surface area contributed by atoms with Crippen LogP contribution in [0.5, 0.6) is 0 Å². The van der Waals surface area contributed by atoms with Gasteiger partial charge < -0.3 is 9.84 Å². The highest BCUT2D eigenvalue weighted by molar-refractivity contribution is 5.04. The molecular weight excluding hydrogens is 226 g/mol. The van der Waals surface area contributed by atoms with Crippen LogP contribution in [0.3, 0.4) is 0 Å². The van der Waals surface area contributed by atoms with Crippen LogP contribution in [0.1, 0.15) is 57.8 Å². The molecule has 3 atom stereocenters. The minimum Gasteiger partial charge on any atom is -0.338 e. The summed E-state index contributed by atoms with van der Waals surface area (Å²) in [7, 11) is 0. The van der Waals surface area contributed by atoms with Gasteiger partial charge in [0.25, 0.3) is 0 Å². The van der Waals surface area contributed by atoms with Crippen LogP contribution in [0.25, 0.3) is 0 Å². The van der Waals surface area contributed by atoms with Gasteiger partial charge in [0.05, 0.1) is 6.04 Å². The van der Waals surface area contributed by atoms with Crippen molar-refractivity contribution in [1.29, 1.82) is 0 Å². The van der Waals surface area contributed by atoms with E-state index in [1.165, 1.54) is 19.3 Å². The van der Waals surface area contributed by atoms with Crippen molar-refractivity contribution in [2.45, 2.75) is 52.5 Å². The molecule has 0 bridgehead atoms. The first-order valence-electron chi connectivity index (χ1n) is 7.09. The van der Waals surface area contributed by atoms with Crippen LogP contribution >= 0.6 is 0 Å². The maximum Gasteiger partial charge on any atom is 0.244 e. The zero-order valence-corrected chi connectivity index (χ0v) is 11.6. The van der Waals surface area contributed by atoms with E-state index in [1.807, 2.05) is 0 Å². The molecule has 1 aromatic rings. The van der Waals surface area contributed by atoms with Gasteiger partial charge in [0.1, 0.15) is 0 Å². The largest absolute Gasteiger partial charge is 0.338 e. The molecule has 2 heterocycles. The molecule has 0 aromatic carbocycles. The number of hydrogen-bond acceptors (Lipinski definition) is 4. The van der Waals surface area contributed by atoms with E-state index in [4.69, 9.17) is 4.52 Å². The van der Waals surface area contributed by atoms with Gasteiger partial charge in [0.2, 0.25) is 5.89 Å². The van der Waals surface area contributed by atoms with Crippen LogP contribution in [-0.4, -0.2) is 16.7 Å². The van der Waals surface area contributed by atoms with Crippen molar-refractivity contribution in [3.05, 3.63) is 11.7 Å². The average Bonchev–Trinajstić information content (AvgIpc) is 2.88. The second kappa shape index (κ2) is 4.34. The van der Waals surface area contributed by atoms with Crippen molar-refractivity contribution in [3.8, 4) is 0 Å². The van der Waals surface area contributed by atoms with Crippen LogP contribution in [0, 0.1) is 17.3 Å². The Morgan fingerprint density at radius 1 is 1.33 bits per heavy atom. The second-order valence-corrected chi connectivity index (χ2v) is 7.03. The van der Waals surface area contributed by atoms with E-state index >= 15 is 0 Å². The zero-order chi connectivity index (χ0) is 12.8. The van der Waals surface area contributed by atoms with Crippen LogP contribution in [-0.2, 0) is 6.42 Å². The SMILES string of the molecule is CC(C)(C)Cc1noc(C2NCC3CCCC32)n1. The normalized spacial score (nSPS) is 31.8. The smallest absolute Gasteiger partial charge is 0.244 e. The molecule has 1 saturated heterocycles. The molecule has 1 aliphatic carbocycles. The van der Waals surface area contributed by atoms with Gasteiger partial charge >= 0.3 is 0 Å². The van der Waals surface area contributed by atoms with Crippen molar-refractivity contribution < 1.29 is 4.52 Å². The third kappa shape index (κ3) is 2.30. The molecule has 100 valence electrons. The quantitative estimate of drug-likeness (QED) is 0.875. The van der Waals surface area contributed by atoms with Gasteiger partial charge in [-0.05, 0) is 36.6 Å². The summed E-state index contributed by atoms with van der Waals surface area (Å²) in [4.78, 5) is 4.60. The zero-order valence-electron chi connectivity index (χ0n) is 11.6. The fourth-order valence-corrected chi connectivity index (χ4v) is 3.40. The Morgan fingerprint density at radius 3 is 2.94 bits per heavy atom. The molecule has 1 aromatic heterocycles. The molecule has 1 aliphatic heterocycles. The van der Waals surface area contributed by atoms with Crippen LogP contribution in [0.4, 0.5) is 0 Å². The highest BCUT2D eigenvalue weighted by Gasteiger charge is 2.42. The maximum atomic E-state index is 5.48. The Morgan fingerprint density at radius 2 is 2.17 bits per heavy atom. The molecule has 4 nitrogen and oxygen atoms in total. The van der Waals surface area contributed by atoms with Crippen molar-refractivity contribution in [2.24, 2.45) is 17.3 Å². The standard InChI is InChI=1S/C14H23N3O/c1-14(2,3)7-11-16-13(18-17-11)12-10-6-4-5-9(10)8-15-12/h9-10,12,15H,4-8H2,1-3H3. The van der Waals surface area contributed by atoms with Gasteiger partial charge in [0, 0.05) is 6.42 Å². The minimum absolute atomic E-state index is 0.208. The molecule has 0 amide bonds. The number of fused-ring (bicyclic) bond motifs is 1. The van der Waals surface area contributed by atoms with E-state index in [0.29, 0.717) is 12.0 Å². The van der Waals surface area contributed by atoms with Crippen LogP contribution < -0.4 is 5.32 Å². The predicted molar refractivity (Wildman–Crippen MR) is 69.0 cm³/mol. The molecule has 1 saturated carbocycles. The first-order valence-corrected chi connectivity index (χ1v) is 7.09. The number of aromatic nitrogens is 2. The summed E-state index contributed by atoms with van der Waals surface area (Å²) in [5.41, 5.74) is 0.208. The van der Waals surface area contributed by atoms with Gasteiger partial charge in [-0.1, -0.05) is 32.3 Å². The molecule has 3 rings (SSSR count). The van der Waals surface area contributed by atoms with Gasteiger partial charge in [-0.25, -0.2) is 0 Å². The first-order chi connectivity index (χ1) is 8.53. The molecule has 4 heteroatoms. The third-order valence-electron chi connectivity index (χ3n) is 4.18. The minimum atomic E-state index is 0.208. The highest BCUT2D eigenvalue weighted by Crippen LogP contribution is 2.43. The summed E-state index contributed by atoms with van der Waals surface area (Å²) >= 11 is 0. The van der Waals surface area contributed by atoms with Crippen molar-refractivity contribution in [1.82, 2.24) is 15.5 Å². The molecule has 0 radical (unpaired) electrons. The number of nitrogens with zero attached hydrogens (tertiary/aromatic N) is 2. The Labute approximate surface area is 109 Å². The second-order valence-electron chi connectivity index (χ2n) is 7.03. The van der Waals surface area contributed by atoms with E-state index in [1.54, 1.807) is 0 Å². The lowest BCUT2D eigenvalue weighted by atomic mass is 9.92. The lowest BCUT2D eigenvalue weighted by Gasteiger charge is -2.15. The summed E-state index contributed by atoms with van der Waals surface area (Å²) in [6.45, 7) is 7.71. The van der Waals surface area contributed by atoms with Crippen LogP contribution in [0.15, 0.2) is 4.52 Å². The maximum absolute atomic E-state index is 5.48. The van der Waals surface area contributed by atoms with E-state index in [0.717, 1.165) is 30.6 Å². The molecular formula is C14H23N3O. The van der Waals surface area contributed by atoms with Gasteiger partial charge in [0.15, 0.2) is 5.82 Å². The third-order valence-corrected chi connectivity index (χ3v) is 4.18. The Hall–Kier alpha value is -0.900. The molecule has 3 unspecified atom stereocenters.